The SMILES string of the molecule is COc1ccc(-n2nc(C(C)(CO)CCCO)cc2-c2ccc(C)cc2)cc1. The van der Waals surface area contributed by atoms with Crippen molar-refractivity contribution in [3.05, 3.63) is 65.9 Å². The largest absolute Gasteiger partial charge is 0.497 e. The van der Waals surface area contributed by atoms with Gasteiger partial charge in [-0.15, -0.1) is 0 Å². The van der Waals surface area contributed by atoms with Gasteiger partial charge in [0.1, 0.15) is 5.75 Å². The van der Waals surface area contributed by atoms with Gasteiger partial charge in [-0.1, -0.05) is 36.8 Å². The molecule has 0 bridgehead atoms. The second-order valence-corrected chi connectivity index (χ2v) is 7.44. The summed E-state index contributed by atoms with van der Waals surface area (Å²) in [6.07, 6.45) is 1.28. The molecular formula is C23H28N2O3. The summed E-state index contributed by atoms with van der Waals surface area (Å²) in [5.74, 6) is 0.788. The van der Waals surface area contributed by atoms with Crippen LogP contribution in [-0.2, 0) is 5.41 Å². The third-order valence-corrected chi connectivity index (χ3v) is 5.23. The second-order valence-electron chi connectivity index (χ2n) is 7.44. The van der Waals surface area contributed by atoms with E-state index in [0.717, 1.165) is 28.4 Å². The molecule has 2 N–H and O–H groups in total. The van der Waals surface area contributed by atoms with Crippen LogP contribution in [0.2, 0.25) is 0 Å². The van der Waals surface area contributed by atoms with Gasteiger partial charge in [-0.3, -0.25) is 0 Å². The van der Waals surface area contributed by atoms with E-state index in [1.165, 1.54) is 5.56 Å². The highest BCUT2D eigenvalue weighted by Gasteiger charge is 2.30. The highest BCUT2D eigenvalue weighted by molar-refractivity contribution is 5.63. The first-order valence-electron chi connectivity index (χ1n) is 9.54. The molecule has 0 radical (unpaired) electrons. The first-order valence-corrected chi connectivity index (χ1v) is 9.54. The molecule has 3 rings (SSSR count). The van der Waals surface area contributed by atoms with E-state index in [1.54, 1.807) is 7.11 Å². The van der Waals surface area contributed by atoms with Gasteiger partial charge in [-0.05, 0) is 50.1 Å². The van der Waals surface area contributed by atoms with E-state index in [-0.39, 0.29) is 13.2 Å². The normalized spacial score (nSPS) is 13.3. The summed E-state index contributed by atoms with van der Waals surface area (Å²) in [5.41, 5.74) is 4.44. The number of rotatable bonds is 8. The maximum atomic E-state index is 10.1. The average Bonchev–Trinajstić information content (AvgIpc) is 3.18. The van der Waals surface area contributed by atoms with Crippen LogP contribution in [0.25, 0.3) is 16.9 Å². The molecule has 28 heavy (non-hydrogen) atoms. The summed E-state index contributed by atoms with van der Waals surface area (Å²) in [6, 6.07) is 18.1. The van der Waals surface area contributed by atoms with E-state index in [9.17, 15) is 10.2 Å². The number of hydrogen-bond donors (Lipinski definition) is 2. The summed E-state index contributed by atoms with van der Waals surface area (Å²) < 4.78 is 7.18. The number of methoxy groups -OCH3 is 1. The lowest BCUT2D eigenvalue weighted by Gasteiger charge is -2.24. The Morgan fingerprint density at radius 2 is 1.71 bits per heavy atom. The molecule has 0 saturated heterocycles. The Balaban J connectivity index is 2.12. The minimum Gasteiger partial charge on any atom is -0.497 e. The molecule has 0 aliphatic rings. The molecular weight excluding hydrogens is 352 g/mol. The predicted molar refractivity (Wildman–Crippen MR) is 111 cm³/mol. The minimum absolute atomic E-state index is 0.0278. The maximum absolute atomic E-state index is 10.1. The molecule has 0 amide bonds. The van der Waals surface area contributed by atoms with E-state index in [0.29, 0.717) is 12.8 Å². The molecule has 1 aromatic heterocycles. The Kier molecular flexibility index (Phi) is 6.17. The number of ether oxygens (including phenoxy) is 1. The van der Waals surface area contributed by atoms with Crippen LogP contribution in [0.5, 0.6) is 5.75 Å². The van der Waals surface area contributed by atoms with Crippen LogP contribution in [0.3, 0.4) is 0 Å². The topological polar surface area (TPSA) is 67.5 Å². The van der Waals surface area contributed by atoms with Crippen molar-refractivity contribution in [3.8, 4) is 22.7 Å². The molecule has 3 aromatic rings. The predicted octanol–water partition coefficient (Wildman–Crippen LogP) is 3.88. The summed E-state index contributed by atoms with van der Waals surface area (Å²) in [6.45, 7) is 4.12. The molecule has 0 spiro atoms. The van der Waals surface area contributed by atoms with Gasteiger partial charge in [0.15, 0.2) is 0 Å². The highest BCUT2D eigenvalue weighted by Crippen LogP contribution is 2.33. The monoisotopic (exact) mass is 380 g/mol. The lowest BCUT2D eigenvalue weighted by atomic mass is 9.83. The smallest absolute Gasteiger partial charge is 0.119 e. The summed E-state index contributed by atoms with van der Waals surface area (Å²) in [7, 11) is 1.65. The van der Waals surface area contributed by atoms with Crippen LogP contribution < -0.4 is 4.74 Å². The quantitative estimate of drug-likeness (QED) is 0.622. The van der Waals surface area contributed by atoms with Crippen molar-refractivity contribution in [2.45, 2.75) is 32.1 Å². The maximum Gasteiger partial charge on any atom is 0.119 e. The number of aromatic nitrogens is 2. The molecule has 0 saturated carbocycles. The number of nitrogens with zero attached hydrogens (tertiary/aromatic N) is 2. The van der Waals surface area contributed by atoms with Crippen LogP contribution in [0, 0.1) is 6.92 Å². The fourth-order valence-electron chi connectivity index (χ4n) is 3.28. The van der Waals surface area contributed by atoms with Crippen LogP contribution in [0.4, 0.5) is 0 Å². The fourth-order valence-corrected chi connectivity index (χ4v) is 3.28. The van der Waals surface area contributed by atoms with Gasteiger partial charge < -0.3 is 14.9 Å². The van der Waals surface area contributed by atoms with Crippen molar-refractivity contribution in [2.75, 3.05) is 20.3 Å². The Hall–Kier alpha value is -2.63. The summed E-state index contributed by atoms with van der Waals surface area (Å²) in [5, 5.41) is 24.2. The van der Waals surface area contributed by atoms with Crippen LogP contribution in [0.15, 0.2) is 54.6 Å². The van der Waals surface area contributed by atoms with Gasteiger partial charge in [0.25, 0.3) is 0 Å². The lowest BCUT2D eigenvalue weighted by molar-refractivity contribution is 0.178. The van der Waals surface area contributed by atoms with Crippen LogP contribution in [0.1, 0.15) is 31.0 Å². The van der Waals surface area contributed by atoms with Gasteiger partial charge in [-0.2, -0.15) is 5.10 Å². The fraction of sp³-hybridized carbons (Fsp3) is 0.348. The van der Waals surface area contributed by atoms with Crippen LogP contribution in [-0.4, -0.2) is 40.3 Å². The van der Waals surface area contributed by atoms with E-state index in [2.05, 4.69) is 31.2 Å². The molecule has 1 heterocycles. The van der Waals surface area contributed by atoms with E-state index < -0.39 is 5.41 Å². The zero-order valence-corrected chi connectivity index (χ0v) is 16.7. The zero-order chi connectivity index (χ0) is 20.1. The second kappa shape index (κ2) is 8.59. The third-order valence-electron chi connectivity index (χ3n) is 5.23. The minimum atomic E-state index is -0.514. The molecule has 1 unspecified atom stereocenters. The summed E-state index contributed by atoms with van der Waals surface area (Å²) in [4.78, 5) is 0. The molecule has 2 aromatic carbocycles. The van der Waals surface area contributed by atoms with Gasteiger partial charge >= 0.3 is 0 Å². The summed E-state index contributed by atoms with van der Waals surface area (Å²) >= 11 is 0. The van der Waals surface area contributed by atoms with E-state index in [4.69, 9.17) is 9.84 Å². The Labute approximate surface area is 166 Å². The molecule has 0 aliphatic carbocycles. The Morgan fingerprint density at radius 1 is 1.04 bits per heavy atom. The zero-order valence-electron chi connectivity index (χ0n) is 16.7. The van der Waals surface area contributed by atoms with Gasteiger partial charge in [-0.25, -0.2) is 4.68 Å². The number of aliphatic hydroxyl groups excluding tert-OH is 2. The number of aryl methyl sites for hydroxylation is 1. The first kappa shape index (κ1) is 20.1. The van der Waals surface area contributed by atoms with Gasteiger partial charge in [0.2, 0.25) is 0 Å². The van der Waals surface area contributed by atoms with Crippen molar-refractivity contribution in [1.29, 1.82) is 0 Å². The van der Waals surface area contributed by atoms with Crippen molar-refractivity contribution >= 4 is 0 Å². The van der Waals surface area contributed by atoms with Gasteiger partial charge in [0.05, 0.1) is 30.8 Å². The molecule has 1 atom stereocenters. The third kappa shape index (κ3) is 4.11. The molecule has 148 valence electrons. The Morgan fingerprint density at radius 3 is 2.29 bits per heavy atom. The molecule has 0 fully saturated rings. The average molecular weight is 380 g/mol. The van der Waals surface area contributed by atoms with Crippen molar-refractivity contribution in [3.63, 3.8) is 0 Å². The first-order chi connectivity index (χ1) is 13.5. The molecule has 0 aliphatic heterocycles. The standard InChI is InChI=1S/C23H28N2O3/c1-17-5-7-18(8-6-17)21-15-22(23(2,16-27)13-4-14-26)24-25(21)19-9-11-20(28-3)12-10-19/h5-12,15,26-27H,4,13-14,16H2,1-3H3. The van der Waals surface area contributed by atoms with Crippen LogP contribution >= 0.6 is 0 Å². The van der Waals surface area contributed by atoms with Gasteiger partial charge in [0, 0.05) is 17.6 Å². The van der Waals surface area contributed by atoms with E-state index >= 15 is 0 Å². The number of benzene rings is 2. The van der Waals surface area contributed by atoms with Crippen molar-refractivity contribution < 1.29 is 14.9 Å². The van der Waals surface area contributed by atoms with E-state index in [1.807, 2.05) is 41.9 Å². The number of hydrogen-bond acceptors (Lipinski definition) is 4. The molecule has 5 heteroatoms. The lowest BCUT2D eigenvalue weighted by Crippen LogP contribution is -2.28. The van der Waals surface area contributed by atoms with Crippen molar-refractivity contribution in [1.82, 2.24) is 9.78 Å². The molecule has 5 nitrogen and oxygen atoms in total. The Bertz CT molecular complexity index is 901. The number of aliphatic hydroxyl groups is 2. The van der Waals surface area contributed by atoms with Crippen molar-refractivity contribution in [2.24, 2.45) is 0 Å². The highest BCUT2D eigenvalue weighted by atomic mass is 16.5.